The molecule has 1 rings (SSSR count). The van der Waals surface area contributed by atoms with Crippen molar-refractivity contribution in [3.63, 3.8) is 0 Å². The van der Waals surface area contributed by atoms with Gasteiger partial charge in [0.1, 0.15) is 6.17 Å². The van der Waals surface area contributed by atoms with Crippen molar-refractivity contribution in [2.75, 3.05) is 14.1 Å². The van der Waals surface area contributed by atoms with Crippen molar-refractivity contribution in [3.05, 3.63) is 0 Å². The molecule has 0 bridgehead atoms. The molecule has 1 aliphatic rings. The normalized spacial score (nSPS) is 23.9. The van der Waals surface area contributed by atoms with E-state index in [1.807, 2.05) is 20.8 Å². The summed E-state index contributed by atoms with van der Waals surface area (Å²) in [4.78, 5) is 24.7. The number of nitrogens with one attached hydrogen (secondary N) is 1. The van der Waals surface area contributed by atoms with Crippen LogP contribution in [0.15, 0.2) is 0 Å². The van der Waals surface area contributed by atoms with Crippen LogP contribution in [0.3, 0.4) is 0 Å². The number of rotatable bonds is 1. The van der Waals surface area contributed by atoms with E-state index in [4.69, 9.17) is 0 Å². The summed E-state index contributed by atoms with van der Waals surface area (Å²) in [6, 6.07) is 0. The topological polar surface area (TPSA) is 52.6 Å². The van der Waals surface area contributed by atoms with Crippen molar-refractivity contribution in [1.82, 2.24) is 15.3 Å². The Labute approximate surface area is 84.0 Å². The number of hydrogen-bond donors (Lipinski definition) is 1. The molecule has 1 N–H and O–H groups in total. The number of hydrogen-bond acceptors (Lipinski definition) is 4. The first-order chi connectivity index (χ1) is 6.25. The maximum atomic E-state index is 11.6. The van der Waals surface area contributed by atoms with Crippen LogP contribution in [0.25, 0.3) is 0 Å². The van der Waals surface area contributed by atoms with Crippen molar-refractivity contribution in [1.29, 1.82) is 0 Å². The molecular weight excluding hydrogens is 182 g/mol. The third-order valence-corrected chi connectivity index (χ3v) is 2.10. The molecule has 1 saturated heterocycles. The van der Waals surface area contributed by atoms with Gasteiger partial charge in [-0.15, -0.1) is 0 Å². The molecule has 0 spiro atoms. The quantitative estimate of drug-likeness (QED) is 0.583. The molecule has 0 aliphatic carbocycles. The van der Waals surface area contributed by atoms with Gasteiger partial charge in [0.25, 0.3) is 5.78 Å². The van der Waals surface area contributed by atoms with E-state index in [0.29, 0.717) is 0 Å². The highest BCUT2D eigenvalue weighted by molar-refractivity contribution is 6.39. The predicted molar refractivity (Wildman–Crippen MR) is 52.2 cm³/mol. The third-order valence-electron chi connectivity index (χ3n) is 2.10. The Morgan fingerprint density at radius 1 is 1.29 bits per heavy atom. The summed E-state index contributed by atoms with van der Waals surface area (Å²) in [5.41, 5.74) is 2.51. The minimum Gasteiger partial charge on any atom is -0.286 e. The van der Waals surface area contributed by atoms with Gasteiger partial charge in [0.15, 0.2) is 0 Å². The van der Waals surface area contributed by atoms with Crippen molar-refractivity contribution < 1.29 is 9.59 Å². The molecule has 5 nitrogen and oxygen atoms in total. The number of ketones is 1. The molecule has 1 atom stereocenters. The van der Waals surface area contributed by atoms with Gasteiger partial charge < -0.3 is 0 Å². The van der Waals surface area contributed by atoms with E-state index in [-0.39, 0.29) is 5.54 Å². The monoisotopic (exact) mass is 199 g/mol. The van der Waals surface area contributed by atoms with Gasteiger partial charge >= 0.3 is 5.91 Å². The second-order valence-electron chi connectivity index (χ2n) is 4.67. The van der Waals surface area contributed by atoms with E-state index >= 15 is 0 Å². The Balaban J connectivity index is 2.88. The number of amides is 1. The first-order valence-electron chi connectivity index (χ1n) is 4.56. The van der Waals surface area contributed by atoms with Gasteiger partial charge in [-0.25, -0.2) is 5.43 Å². The van der Waals surface area contributed by atoms with Crippen LogP contribution in [-0.2, 0) is 9.59 Å². The van der Waals surface area contributed by atoms with E-state index < -0.39 is 17.9 Å². The SMILES string of the molecule is CN(C)C1NN(C(C)(C)C)C(=O)C1=O. The Kier molecular flexibility index (Phi) is 2.65. The highest BCUT2D eigenvalue weighted by Gasteiger charge is 2.44. The molecular formula is C9H17N3O2. The molecule has 0 radical (unpaired) electrons. The number of nitrogens with zero attached hydrogens (tertiary/aromatic N) is 2. The summed E-state index contributed by atoms with van der Waals surface area (Å²) in [6.07, 6.45) is -0.526. The van der Waals surface area contributed by atoms with Crippen LogP contribution in [0.2, 0.25) is 0 Å². The Bertz CT molecular complexity index is 268. The van der Waals surface area contributed by atoms with Crippen LogP contribution in [0.1, 0.15) is 20.8 Å². The van der Waals surface area contributed by atoms with Crippen LogP contribution in [0.5, 0.6) is 0 Å². The van der Waals surface area contributed by atoms with Crippen LogP contribution >= 0.6 is 0 Å². The zero-order valence-corrected chi connectivity index (χ0v) is 9.29. The summed E-state index contributed by atoms with van der Waals surface area (Å²) in [6.45, 7) is 5.63. The van der Waals surface area contributed by atoms with Crippen molar-refractivity contribution in [2.45, 2.75) is 32.5 Å². The average molecular weight is 199 g/mol. The minimum absolute atomic E-state index is 0.377. The highest BCUT2D eigenvalue weighted by atomic mass is 16.2. The molecule has 80 valence electrons. The summed E-state index contributed by atoms with van der Waals surface area (Å²) in [5, 5.41) is 1.39. The minimum atomic E-state index is -0.526. The first kappa shape index (κ1) is 11.1. The molecule has 14 heavy (non-hydrogen) atoms. The van der Waals surface area contributed by atoms with Crippen LogP contribution < -0.4 is 5.43 Å². The standard InChI is InChI=1S/C9H17N3O2/c1-9(2,3)12-8(14)6(13)7(10-12)11(4)5/h7,10H,1-5H3. The zero-order chi connectivity index (χ0) is 11.1. The number of carbonyl (C=O) groups excluding carboxylic acids is 2. The van der Waals surface area contributed by atoms with E-state index in [1.165, 1.54) is 5.01 Å². The fourth-order valence-electron chi connectivity index (χ4n) is 1.31. The third kappa shape index (κ3) is 1.78. The van der Waals surface area contributed by atoms with E-state index in [1.54, 1.807) is 19.0 Å². The number of hydrazine groups is 1. The molecule has 1 fully saturated rings. The van der Waals surface area contributed by atoms with Crippen LogP contribution in [-0.4, -0.2) is 47.4 Å². The smallest absolute Gasteiger partial charge is 0.286 e. The lowest BCUT2D eigenvalue weighted by atomic mass is 10.1. The van der Waals surface area contributed by atoms with Crippen molar-refractivity contribution in [2.24, 2.45) is 0 Å². The lowest BCUT2D eigenvalue weighted by Gasteiger charge is -2.31. The maximum absolute atomic E-state index is 11.6. The van der Waals surface area contributed by atoms with Gasteiger partial charge in [0.05, 0.1) is 5.54 Å². The zero-order valence-electron chi connectivity index (χ0n) is 9.29. The van der Waals surface area contributed by atoms with Gasteiger partial charge in [0, 0.05) is 0 Å². The first-order valence-corrected chi connectivity index (χ1v) is 4.56. The van der Waals surface area contributed by atoms with Crippen LogP contribution in [0.4, 0.5) is 0 Å². The van der Waals surface area contributed by atoms with E-state index in [9.17, 15) is 9.59 Å². The van der Waals surface area contributed by atoms with E-state index in [0.717, 1.165) is 0 Å². The molecule has 0 saturated carbocycles. The van der Waals surface area contributed by atoms with Crippen LogP contribution in [0, 0.1) is 0 Å². The van der Waals surface area contributed by atoms with Crippen molar-refractivity contribution >= 4 is 11.7 Å². The molecule has 1 aliphatic heterocycles. The summed E-state index contributed by atoms with van der Waals surface area (Å²) in [5.74, 6) is -0.860. The molecule has 5 heteroatoms. The Morgan fingerprint density at radius 3 is 2.00 bits per heavy atom. The number of carbonyl (C=O) groups is 2. The molecule has 0 aromatic carbocycles. The fourth-order valence-corrected chi connectivity index (χ4v) is 1.31. The average Bonchev–Trinajstić information content (AvgIpc) is 2.28. The largest absolute Gasteiger partial charge is 0.307 e. The highest BCUT2D eigenvalue weighted by Crippen LogP contribution is 2.17. The predicted octanol–water partition coefficient (Wildman–Crippen LogP) is -0.412. The number of Topliss-reactive ketones (excluding diaryl/α,β-unsaturated/α-hetero) is 1. The summed E-state index contributed by atoms with van der Waals surface area (Å²) >= 11 is 0. The maximum Gasteiger partial charge on any atom is 0.307 e. The van der Waals surface area contributed by atoms with Gasteiger partial charge in [0.2, 0.25) is 0 Å². The van der Waals surface area contributed by atoms with Gasteiger partial charge in [-0.3, -0.25) is 19.5 Å². The lowest BCUT2D eigenvalue weighted by molar-refractivity contribution is -0.144. The fraction of sp³-hybridized carbons (Fsp3) is 0.778. The number of likely N-dealkylation sites (N-methyl/N-ethyl adjacent to an activating group) is 1. The summed E-state index contributed by atoms with van der Waals surface area (Å²) < 4.78 is 0. The lowest BCUT2D eigenvalue weighted by Crippen LogP contribution is -2.52. The summed E-state index contributed by atoms with van der Waals surface area (Å²) in [7, 11) is 3.52. The molecule has 1 heterocycles. The Morgan fingerprint density at radius 2 is 1.79 bits per heavy atom. The van der Waals surface area contributed by atoms with Gasteiger partial charge in [-0.05, 0) is 34.9 Å². The van der Waals surface area contributed by atoms with E-state index in [2.05, 4.69) is 5.43 Å². The molecule has 1 unspecified atom stereocenters. The molecule has 1 amide bonds. The van der Waals surface area contributed by atoms with Crippen molar-refractivity contribution in [3.8, 4) is 0 Å². The molecule has 0 aromatic rings. The van der Waals surface area contributed by atoms with Gasteiger partial charge in [-0.2, -0.15) is 0 Å². The Hall–Kier alpha value is -0.940. The van der Waals surface area contributed by atoms with Gasteiger partial charge in [-0.1, -0.05) is 0 Å². The molecule has 0 aromatic heterocycles. The second-order valence-corrected chi connectivity index (χ2v) is 4.67. The second kappa shape index (κ2) is 3.33.